The summed E-state index contributed by atoms with van der Waals surface area (Å²) >= 11 is 8.38. The smallest absolute Gasteiger partial charge is 0.321 e. The first-order valence-electron chi connectivity index (χ1n) is 5.62. The van der Waals surface area contributed by atoms with Crippen molar-refractivity contribution in [3.63, 3.8) is 0 Å². The average molecular weight is 403 g/mol. The Kier molecular flexibility index (Phi) is 3.17. The minimum absolute atomic E-state index is 0.242. The first kappa shape index (κ1) is 13.4. The zero-order chi connectivity index (χ0) is 14.4. The molecule has 1 aromatic carbocycles. The molecule has 2 aromatic heterocycles. The van der Waals surface area contributed by atoms with Crippen LogP contribution >= 0.6 is 34.2 Å². The van der Waals surface area contributed by atoms with Crippen LogP contribution in [-0.4, -0.2) is 19.5 Å². The van der Waals surface area contributed by atoms with E-state index in [0.29, 0.717) is 21.9 Å². The topological polar surface area (TPSA) is 83.5 Å². The molecule has 2 heterocycles. The van der Waals surface area contributed by atoms with E-state index in [1.807, 2.05) is 18.2 Å². The van der Waals surface area contributed by atoms with Crippen molar-refractivity contribution >= 4 is 45.4 Å². The van der Waals surface area contributed by atoms with Gasteiger partial charge >= 0.3 is 5.69 Å². The van der Waals surface area contributed by atoms with Crippen LogP contribution in [0.25, 0.3) is 22.6 Å². The lowest BCUT2D eigenvalue weighted by Gasteiger charge is -2.04. The highest BCUT2D eigenvalue weighted by Crippen LogP contribution is 2.29. The van der Waals surface area contributed by atoms with Gasteiger partial charge in [0.05, 0.1) is 5.02 Å². The van der Waals surface area contributed by atoms with E-state index in [4.69, 9.17) is 11.6 Å². The highest BCUT2D eigenvalue weighted by molar-refractivity contribution is 14.1. The summed E-state index contributed by atoms with van der Waals surface area (Å²) in [6.07, 6.45) is 0. The number of hydrogen-bond donors (Lipinski definition) is 2. The fraction of sp³-hybridized carbons (Fsp3) is 0.0833. The maximum atomic E-state index is 11.8. The summed E-state index contributed by atoms with van der Waals surface area (Å²) in [5.41, 5.74) is 0.179. The molecule has 0 radical (unpaired) electrons. The van der Waals surface area contributed by atoms with Gasteiger partial charge in [-0.15, -0.1) is 0 Å². The Bertz CT molecular complexity index is 941. The first-order chi connectivity index (χ1) is 9.47. The molecule has 0 saturated heterocycles. The predicted octanol–water partition coefficient (Wildman–Crippen LogP) is 1.87. The molecule has 2 N–H and O–H groups in total. The molecule has 102 valence electrons. The molecule has 0 bridgehead atoms. The van der Waals surface area contributed by atoms with Crippen molar-refractivity contribution in [1.82, 2.24) is 19.5 Å². The van der Waals surface area contributed by atoms with Crippen molar-refractivity contribution in [3.05, 3.63) is 47.6 Å². The van der Waals surface area contributed by atoms with Crippen molar-refractivity contribution < 1.29 is 0 Å². The second-order valence-electron chi connectivity index (χ2n) is 4.22. The fourth-order valence-corrected chi connectivity index (χ4v) is 3.00. The van der Waals surface area contributed by atoms with Crippen LogP contribution in [0.3, 0.4) is 0 Å². The number of halogens is 2. The van der Waals surface area contributed by atoms with E-state index in [9.17, 15) is 9.59 Å². The molecular formula is C12H8ClIN4O2. The quantitative estimate of drug-likeness (QED) is 0.610. The van der Waals surface area contributed by atoms with Crippen LogP contribution in [0.5, 0.6) is 0 Å². The summed E-state index contributed by atoms with van der Waals surface area (Å²) in [5.74, 6) is 0.522. The standard InChI is InChI=1S/C12H8ClIN4O2/c1-18-8-9(16-12(20)17-11(8)19)15-10(18)6-3-2-5(14)4-7(6)13/h2-4H,1H3,(H2,16,17,19,20). The van der Waals surface area contributed by atoms with Crippen molar-refractivity contribution in [3.8, 4) is 11.4 Å². The molecule has 3 aromatic rings. The minimum atomic E-state index is -0.583. The molecule has 0 aliphatic rings. The third kappa shape index (κ3) is 2.06. The number of aromatic amines is 2. The van der Waals surface area contributed by atoms with E-state index in [1.165, 1.54) is 0 Å². The molecule has 0 unspecified atom stereocenters. The first-order valence-corrected chi connectivity index (χ1v) is 7.07. The number of aromatic nitrogens is 4. The Labute approximate surface area is 131 Å². The number of H-pyrrole nitrogens is 2. The van der Waals surface area contributed by atoms with Crippen LogP contribution in [0.1, 0.15) is 0 Å². The number of nitrogens with zero attached hydrogens (tertiary/aromatic N) is 2. The number of rotatable bonds is 1. The lowest BCUT2D eigenvalue weighted by Crippen LogP contribution is -2.22. The van der Waals surface area contributed by atoms with Crippen LogP contribution in [0.15, 0.2) is 27.8 Å². The van der Waals surface area contributed by atoms with Gasteiger partial charge in [0.15, 0.2) is 11.2 Å². The number of benzene rings is 1. The second kappa shape index (κ2) is 4.74. The second-order valence-corrected chi connectivity index (χ2v) is 5.88. The summed E-state index contributed by atoms with van der Waals surface area (Å²) in [5, 5.41) is 0.536. The summed E-state index contributed by atoms with van der Waals surface area (Å²) in [6, 6.07) is 5.54. The van der Waals surface area contributed by atoms with Gasteiger partial charge in [-0.1, -0.05) is 11.6 Å². The molecule has 3 rings (SSSR count). The van der Waals surface area contributed by atoms with E-state index in [1.54, 1.807) is 11.6 Å². The normalized spacial score (nSPS) is 11.2. The number of aryl methyl sites for hydroxylation is 1. The predicted molar refractivity (Wildman–Crippen MR) is 85.1 cm³/mol. The molecule has 0 spiro atoms. The molecule has 8 heteroatoms. The average Bonchev–Trinajstić information content (AvgIpc) is 2.66. The molecule has 6 nitrogen and oxygen atoms in total. The third-order valence-electron chi connectivity index (χ3n) is 2.94. The van der Waals surface area contributed by atoms with Gasteiger partial charge in [-0.25, -0.2) is 9.78 Å². The van der Waals surface area contributed by atoms with Gasteiger partial charge in [0, 0.05) is 16.2 Å². The lowest BCUT2D eigenvalue weighted by molar-refractivity contribution is 0.945. The highest BCUT2D eigenvalue weighted by atomic mass is 127. The Morgan fingerprint density at radius 3 is 2.75 bits per heavy atom. The minimum Gasteiger partial charge on any atom is -0.321 e. The van der Waals surface area contributed by atoms with Gasteiger partial charge in [0.25, 0.3) is 5.56 Å². The SMILES string of the molecule is Cn1c(-c2ccc(I)cc2Cl)nc2[nH]c(=O)[nH]c(=O)c21. The molecule has 0 saturated carbocycles. The Morgan fingerprint density at radius 1 is 1.30 bits per heavy atom. The van der Waals surface area contributed by atoms with Gasteiger partial charge in [0.2, 0.25) is 0 Å². The number of hydrogen-bond acceptors (Lipinski definition) is 3. The monoisotopic (exact) mass is 402 g/mol. The van der Waals surface area contributed by atoms with Gasteiger partial charge < -0.3 is 4.57 Å². The van der Waals surface area contributed by atoms with Crippen LogP contribution < -0.4 is 11.2 Å². The molecule has 0 aliphatic carbocycles. The van der Waals surface area contributed by atoms with Crippen LogP contribution in [-0.2, 0) is 7.05 Å². The van der Waals surface area contributed by atoms with Gasteiger partial charge in [-0.05, 0) is 40.8 Å². The molecule has 0 aliphatic heterocycles. The zero-order valence-electron chi connectivity index (χ0n) is 10.2. The Hall–Kier alpha value is -1.61. The summed E-state index contributed by atoms with van der Waals surface area (Å²) < 4.78 is 2.61. The summed E-state index contributed by atoms with van der Waals surface area (Å²) in [6.45, 7) is 0. The van der Waals surface area contributed by atoms with Crippen molar-refractivity contribution in [2.75, 3.05) is 0 Å². The van der Waals surface area contributed by atoms with Crippen LogP contribution in [0.4, 0.5) is 0 Å². The van der Waals surface area contributed by atoms with Gasteiger partial charge in [0.1, 0.15) is 5.82 Å². The van der Waals surface area contributed by atoms with Crippen molar-refractivity contribution in [2.45, 2.75) is 0 Å². The number of imidazole rings is 1. The molecule has 0 fully saturated rings. The van der Waals surface area contributed by atoms with Crippen molar-refractivity contribution in [1.29, 1.82) is 0 Å². The van der Waals surface area contributed by atoms with E-state index < -0.39 is 11.2 Å². The number of nitrogens with one attached hydrogen (secondary N) is 2. The largest absolute Gasteiger partial charge is 0.327 e. The molecular weight excluding hydrogens is 395 g/mol. The van der Waals surface area contributed by atoms with Crippen LogP contribution in [0.2, 0.25) is 5.02 Å². The zero-order valence-corrected chi connectivity index (χ0v) is 13.1. The van der Waals surface area contributed by atoms with Crippen molar-refractivity contribution in [2.24, 2.45) is 7.05 Å². The van der Waals surface area contributed by atoms with E-state index in [-0.39, 0.29) is 5.65 Å². The van der Waals surface area contributed by atoms with Crippen LogP contribution in [0, 0.1) is 3.57 Å². The molecule has 0 amide bonds. The lowest BCUT2D eigenvalue weighted by atomic mass is 10.2. The third-order valence-corrected chi connectivity index (χ3v) is 3.92. The summed E-state index contributed by atoms with van der Waals surface area (Å²) in [7, 11) is 1.70. The van der Waals surface area contributed by atoms with Gasteiger partial charge in [-0.3, -0.25) is 14.8 Å². The Morgan fingerprint density at radius 2 is 2.05 bits per heavy atom. The molecule has 0 atom stereocenters. The molecule has 20 heavy (non-hydrogen) atoms. The number of fused-ring (bicyclic) bond motifs is 1. The van der Waals surface area contributed by atoms with E-state index in [0.717, 1.165) is 3.57 Å². The summed E-state index contributed by atoms with van der Waals surface area (Å²) in [4.78, 5) is 32.1. The van der Waals surface area contributed by atoms with Gasteiger partial charge in [-0.2, -0.15) is 0 Å². The maximum Gasteiger partial charge on any atom is 0.327 e. The Balaban J connectivity index is 2.38. The fourth-order valence-electron chi connectivity index (χ4n) is 2.06. The highest BCUT2D eigenvalue weighted by Gasteiger charge is 2.15. The maximum absolute atomic E-state index is 11.8. The van der Waals surface area contributed by atoms with E-state index in [2.05, 4.69) is 37.5 Å². The van der Waals surface area contributed by atoms with E-state index >= 15 is 0 Å².